The van der Waals surface area contributed by atoms with Crippen molar-refractivity contribution in [2.24, 2.45) is 0 Å². The van der Waals surface area contributed by atoms with Gasteiger partial charge in [0.2, 0.25) is 0 Å². The quantitative estimate of drug-likeness (QED) is 0.369. The van der Waals surface area contributed by atoms with E-state index in [4.69, 9.17) is 21.1 Å². The maximum absolute atomic E-state index is 12.4. The molecule has 1 atom stereocenters. The molecular weight excluding hydrogens is 358 g/mol. The fourth-order valence-corrected chi connectivity index (χ4v) is 2.06. The van der Waals surface area contributed by atoms with Gasteiger partial charge in [-0.3, -0.25) is 0 Å². The zero-order valence-electron chi connectivity index (χ0n) is 15.8. The van der Waals surface area contributed by atoms with Crippen LogP contribution in [-0.2, 0) is 14.3 Å². The highest BCUT2D eigenvalue weighted by Crippen LogP contribution is 2.20. The number of hydrogen-bond donors (Lipinski definition) is 1. The van der Waals surface area contributed by atoms with E-state index >= 15 is 0 Å². The van der Waals surface area contributed by atoms with Crippen LogP contribution in [-0.4, -0.2) is 33.8 Å². The predicted octanol–water partition coefficient (Wildman–Crippen LogP) is 3.92. The minimum atomic E-state index is -1.08. The van der Waals surface area contributed by atoms with Gasteiger partial charge in [0.05, 0.1) is 0 Å². The van der Waals surface area contributed by atoms with E-state index in [2.05, 4.69) is 10.1 Å². The first-order chi connectivity index (χ1) is 11.8. The molecular formula is C18H24ClN3O4. The van der Waals surface area contributed by atoms with Crippen molar-refractivity contribution in [2.75, 3.05) is 0 Å². The predicted molar refractivity (Wildman–Crippen MR) is 98.0 cm³/mol. The van der Waals surface area contributed by atoms with Gasteiger partial charge in [0.15, 0.2) is 6.04 Å². The second-order valence-corrected chi connectivity index (χ2v) is 8.05. The Kier molecular flexibility index (Phi) is 6.95. The first-order valence-electron chi connectivity index (χ1n) is 8.02. The Bertz CT molecular complexity index is 711. The molecule has 0 fully saturated rings. The smallest absolute Gasteiger partial charge is 0.420 e. The molecule has 1 amide bonds. The number of nitrogens with one attached hydrogen (secondary N) is 1. The van der Waals surface area contributed by atoms with Gasteiger partial charge in [-0.15, -0.1) is 0 Å². The number of esters is 1. The van der Waals surface area contributed by atoms with Crippen LogP contribution in [0.4, 0.5) is 4.79 Å². The number of carbonyl (C=O) groups excluding carboxylic acids is 2. The van der Waals surface area contributed by atoms with Crippen molar-refractivity contribution in [2.45, 2.75) is 58.8 Å². The minimum absolute atomic E-state index is 0.381. The molecule has 0 spiro atoms. The summed E-state index contributed by atoms with van der Waals surface area (Å²) in [4.78, 5) is 27.7. The zero-order chi connectivity index (χ0) is 20.1. The van der Waals surface area contributed by atoms with E-state index in [-0.39, 0.29) is 5.71 Å². The summed E-state index contributed by atoms with van der Waals surface area (Å²) in [6.07, 6.45) is -0.776. The second-order valence-electron chi connectivity index (χ2n) is 7.62. The molecule has 0 aliphatic carbocycles. The van der Waals surface area contributed by atoms with Crippen LogP contribution in [0.2, 0.25) is 5.02 Å². The van der Waals surface area contributed by atoms with Gasteiger partial charge >= 0.3 is 17.8 Å². The molecule has 7 nitrogen and oxygen atoms in total. The van der Waals surface area contributed by atoms with Gasteiger partial charge in [-0.2, -0.15) is 4.79 Å². The van der Waals surface area contributed by atoms with E-state index in [0.717, 1.165) is 0 Å². The summed E-state index contributed by atoms with van der Waals surface area (Å²) in [5.41, 5.74) is 7.94. The lowest BCUT2D eigenvalue weighted by atomic mass is 10.0. The molecule has 0 saturated carbocycles. The molecule has 8 heteroatoms. The number of ether oxygens (including phenoxy) is 2. The van der Waals surface area contributed by atoms with Crippen LogP contribution < -0.4 is 5.32 Å². The topological polar surface area (TPSA) is 101 Å². The number of halogens is 1. The van der Waals surface area contributed by atoms with Crippen molar-refractivity contribution in [3.63, 3.8) is 0 Å². The molecule has 0 aromatic heterocycles. The van der Waals surface area contributed by atoms with E-state index < -0.39 is 29.3 Å². The summed E-state index contributed by atoms with van der Waals surface area (Å²) >= 11 is 5.89. The van der Waals surface area contributed by atoms with E-state index in [1.807, 2.05) is 0 Å². The number of amides is 1. The Balaban J connectivity index is 3.21. The largest absolute Gasteiger partial charge is 0.451 e. The molecule has 0 unspecified atom stereocenters. The van der Waals surface area contributed by atoms with Crippen LogP contribution in [0, 0.1) is 0 Å². The lowest BCUT2D eigenvalue weighted by Gasteiger charge is -2.23. The minimum Gasteiger partial charge on any atom is -0.451 e. The summed E-state index contributed by atoms with van der Waals surface area (Å²) < 4.78 is 10.5. The van der Waals surface area contributed by atoms with Gasteiger partial charge < -0.3 is 20.3 Å². The first-order valence-corrected chi connectivity index (χ1v) is 8.40. The normalized spacial score (nSPS) is 12.6. The zero-order valence-corrected chi connectivity index (χ0v) is 16.5. The molecule has 142 valence electrons. The number of rotatable bonds is 4. The maximum atomic E-state index is 12.4. The molecule has 0 aliphatic rings. The number of alkyl carbamates (subject to hydrolysis) is 1. The third-order valence-corrected chi connectivity index (χ3v) is 3.11. The van der Waals surface area contributed by atoms with Gasteiger partial charge in [0.1, 0.15) is 11.2 Å². The van der Waals surface area contributed by atoms with E-state index in [1.165, 1.54) is 0 Å². The Morgan fingerprint density at radius 1 is 1.04 bits per heavy atom. The van der Waals surface area contributed by atoms with Crippen LogP contribution in [0.1, 0.15) is 53.1 Å². The Morgan fingerprint density at radius 3 is 1.96 bits per heavy atom. The molecule has 1 N–H and O–H groups in total. The third kappa shape index (κ3) is 7.25. The SMILES string of the molecule is CC(C)(C)OC(=O)N[C@@H](C(=[N+]=[N-])C(=O)OC(C)(C)C)c1ccc(Cl)cc1. The van der Waals surface area contributed by atoms with Crippen molar-refractivity contribution in [1.29, 1.82) is 0 Å². The highest BCUT2D eigenvalue weighted by molar-refractivity contribution is 6.36. The Morgan fingerprint density at radius 2 is 1.54 bits per heavy atom. The van der Waals surface area contributed by atoms with Crippen molar-refractivity contribution < 1.29 is 23.9 Å². The molecule has 0 heterocycles. The van der Waals surface area contributed by atoms with Gasteiger partial charge in [-0.25, -0.2) is 9.59 Å². The van der Waals surface area contributed by atoms with Crippen LogP contribution >= 0.6 is 11.6 Å². The number of benzene rings is 1. The molecule has 1 aromatic carbocycles. The molecule has 1 aromatic rings. The Labute approximate surface area is 158 Å². The van der Waals surface area contributed by atoms with Gasteiger partial charge in [-0.1, -0.05) is 23.7 Å². The lowest BCUT2D eigenvalue weighted by Crippen LogP contribution is -2.42. The average molecular weight is 382 g/mol. The number of nitrogens with zero attached hydrogens (tertiary/aromatic N) is 2. The van der Waals surface area contributed by atoms with Crippen LogP contribution in [0.25, 0.3) is 5.53 Å². The molecule has 0 radical (unpaired) electrons. The summed E-state index contributed by atoms with van der Waals surface area (Å²) in [5, 5.41) is 3.01. The summed E-state index contributed by atoms with van der Waals surface area (Å²) in [5.74, 6) is -0.865. The molecule has 0 bridgehead atoms. The molecule has 0 saturated heterocycles. The lowest BCUT2D eigenvalue weighted by molar-refractivity contribution is -0.151. The van der Waals surface area contributed by atoms with Crippen molar-refractivity contribution >= 4 is 29.4 Å². The first kappa shape index (κ1) is 21.7. The van der Waals surface area contributed by atoms with Crippen LogP contribution in [0.15, 0.2) is 24.3 Å². The third-order valence-electron chi connectivity index (χ3n) is 2.85. The summed E-state index contributed by atoms with van der Waals surface area (Å²) in [6.45, 7) is 10.2. The van der Waals surface area contributed by atoms with Crippen molar-refractivity contribution in [3.05, 3.63) is 40.4 Å². The molecule has 1 rings (SSSR count). The van der Waals surface area contributed by atoms with E-state index in [0.29, 0.717) is 10.6 Å². The number of carbonyl (C=O) groups is 2. The van der Waals surface area contributed by atoms with E-state index in [1.54, 1.807) is 65.8 Å². The summed E-state index contributed by atoms with van der Waals surface area (Å²) in [6, 6.07) is 5.29. The average Bonchev–Trinajstić information content (AvgIpc) is 2.44. The second kappa shape index (κ2) is 8.34. The van der Waals surface area contributed by atoms with Crippen LogP contribution in [0.5, 0.6) is 0 Å². The Hall–Kier alpha value is -2.37. The van der Waals surface area contributed by atoms with Gasteiger partial charge in [0, 0.05) is 5.02 Å². The highest BCUT2D eigenvalue weighted by Gasteiger charge is 2.38. The van der Waals surface area contributed by atoms with E-state index in [9.17, 15) is 15.1 Å². The highest BCUT2D eigenvalue weighted by atomic mass is 35.5. The summed E-state index contributed by atoms with van der Waals surface area (Å²) in [7, 11) is 0. The van der Waals surface area contributed by atoms with Gasteiger partial charge in [0.25, 0.3) is 0 Å². The van der Waals surface area contributed by atoms with Crippen molar-refractivity contribution in [3.8, 4) is 0 Å². The van der Waals surface area contributed by atoms with Gasteiger partial charge in [-0.05, 0) is 59.2 Å². The maximum Gasteiger partial charge on any atom is 0.420 e. The van der Waals surface area contributed by atoms with Crippen LogP contribution in [0.3, 0.4) is 0 Å². The standard InChI is InChI=1S/C18H24ClN3O4/c1-17(2,3)25-15(23)14(22-20)13(11-7-9-12(19)10-8-11)21-16(24)26-18(4,5)6/h7-10,13H,1-6H3,(H,21,24)/t13-/m1/s1. The fourth-order valence-electron chi connectivity index (χ4n) is 1.94. The monoisotopic (exact) mass is 381 g/mol. The number of hydrogen-bond acceptors (Lipinski definition) is 4. The van der Waals surface area contributed by atoms with Crippen molar-refractivity contribution in [1.82, 2.24) is 5.32 Å². The fraction of sp³-hybridized carbons (Fsp3) is 0.500. The molecule has 0 aliphatic heterocycles. The molecule has 26 heavy (non-hydrogen) atoms.